The molecule has 1 aromatic carbocycles. The van der Waals surface area contributed by atoms with Crippen molar-refractivity contribution in [1.82, 2.24) is 19.6 Å². The van der Waals surface area contributed by atoms with Crippen molar-refractivity contribution in [2.24, 2.45) is 0 Å². The van der Waals surface area contributed by atoms with Gasteiger partial charge in [0.1, 0.15) is 29.9 Å². The molecule has 1 saturated carbocycles. The van der Waals surface area contributed by atoms with Crippen molar-refractivity contribution in [3.63, 3.8) is 0 Å². The standard InChI is InChI=1S/C19H19F3N4O2/c1-27-12-7-13(21)15(14(22)8-12)16-17(10-4-3-5-11(20)6-10)26-19(23-9-24-26)25-18(16)28-2/h7-11H,3-6H2,1-2H3. The van der Waals surface area contributed by atoms with Gasteiger partial charge in [-0.1, -0.05) is 0 Å². The van der Waals surface area contributed by atoms with Crippen molar-refractivity contribution in [3.05, 3.63) is 35.8 Å². The average molecular weight is 392 g/mol. The zero-order chi connectivity index (χ0) is 19.8. The lowest BCUT2D eigenvalue weighted by Crippen LogP contribution is -2.19. The van der Waals surface area contributed by atoms with E-state index in [-0.39, 0.29) is 40.9 Å². The number of aromatic nitrogens is 4. The minimum absolute atomic E-state index is 0.0134. The number of methoxy groups -OCH3 is 2. The minimum Gasteiger partial charge on any atom is -0.497 e. The maximum Gasteiger partial charge on any atom is 0.255 e. The molecule has 0 bridgehead atoms. The fraction of sp³-hybridized carbons (Fsp3) is 0.421. The maximum absolute atomic E-state index is 14.9. The number of alkyl halides is 1. The molecule has 6 nitrogen and oxygen atoms in total. The van der Waals surface area contributed by atoms with E-state index in [9.17, 15) is 13.2 Å². The van der Waals surface area contributed by atoms with Crippen LogP contribution in [0.2, 0.25) is 0 Å². The Hall–Kier alpha value is -2.84. The largest absolute Gasteiger partial charge is 0.497 e. The van der Waals surface area contributed by atoms with Crippen molar-refractivity contribution in [1.29, 1.82) is 0 Å². The Morgan fingerprint density at radius 3 is 2.46 bits per heavy atom. The number of ether oxygens (including phenoxy) is 2. The van der Waals surface area contributed by atoms with Crippen molar-refractivity contribution in [3.8, 4) is 22.8 Å². The second-order valence-corrected chi connectivity index (χ2v) is 6.78. The quantitative estimate of drug-likeness (QED) is 0.670. The van der Waals surface area contributed by atoms with Crippen LogP contribution >= 0.6 is 0 Å². The van der Waals surface area contributed by atoms with E-state index in [0.717, 1.165) is 12.1 Å². The predicted octanol–water partition coefficient (Wildman–Crippen LogP) is 4.08. The van der Waals surface area contributed by atoms with E-state index >= 15 is 0 Å². The molecule has 1 fully saturated rings. The highest BCUT2D eigenvalue weighted by Crippen LogP contribution is 2.44. The van der Waals surface area contributed by atoms with E-state index < -0.39 is 17.8 Å². The van der Waals surface area contributed by atoms with Gasteiger partial charge in [-0.3, -0.25) is 0 Å². The van der Waals surface area contributed by atoms with Crippen LogP contribution in [0.25, 0.3) is 16.9 Å². The molecular formula is C19H19F3N4O2. The topological polar surface area (TPSA) is 61.5 Å². The molecule has 2 heterocycles. The first kappa shape index (κ1) is 18.5. The highest BCUT2D eigenvalue weighted by Gasteiger charge is 2.32. The van der Waals surface area contributed by atoms with E-state index in [1.165, 1.54) is 25.1 Å². The predicted molar refractivity (Wildman–Crippen MR) is 95.3 cm³/mol. The number of fused-ring (bicyclic) bond motifs is 1. The summed E-state index contributed by atoms with van der Waals surface area (Å²) < 4.78 is 55.7. The van der Waals surface area contributed by atoms with Crippen molar-refractivity contribution >= 4 is 5.78 Å². The van der Waals surface area contributed by atoms with Crippen LogP contribution in [0.1, 0.15) is 37.3 Å². The van der Waals surface area contributed by atoms with Crippen LogP contribution in [0.5, 0.6) is 11.6 Å². The van der Waals surface area contributed by atoms with Crippen LogP contribution in [0.4, 0.5) is 13.2 Å². The van der Waals surface area contributed by atoms with Crippen molar-refractivity contribution in [2.45, 2.75) is 37.8 Å². The summed E-state index contributed by atoms with van der Waals surface area (Å²) in [6, 6.07) is 2.18. The first-order chi connectivity index (χ1) is 13.5. The molecule has 0 spiro atoms. The van der Waals surface area contributed by atoms with Gasteiger partial charge in [-0.15, -0.1) is 0 Å². The Morgan fingerprint density at radius 2 is 1.82 bits per heavy atom. The van der Waals surface area contributed by atoms with Crippen LogP contribution in [0.15, 0.2) is 18.5 Å². The number of hydrogen-bond donors (Lipinski definition) is 0. The Balaban J connectivity index is 2.03. The smallest absolute Gasteiger partial charge is 0.255 e. The van der Waals surface area contributed by atoms with Gasteiger partial charge in [0.2, 0.25) is 5.88 Å². The first-order valence-electron chi connectivity index (χ1n) is 8.98. The monoisotopic (exact) mass is 392 g/mol. The summed E-state index contributed by atoms with van der Waals surface area (Å²) in [6.07, 6.45) is 2.34. The third kappa shape index (κ3) is 3.04. The lowest BCUT2D eigenvalue weighted by molar-refractivity contribution is 0.228. The van der Waals surface area contributed by atoms with E-state index in [2.05, 4.69) is 15.1 Å². The number of halogens is 3. The third-order valence-corrected chi connectivity index (χ3v) is 5.12. The molecular weight excluding hydrogens is 373 g/mol. The molecule has 9 heteroatoms. The van der Waals surface area contributed by atoms with E-state index in [4.69, 9.17) is 9.47 Å². The summed E-state index contributed by atoms with van der Waals surface area (Å²) in [5.74, 6) is -1.67. The molecule has 0 saturated heterocycles. The van der Waals surface area contributed by atoms with Gasteiger partial charge in [0.25, 0.3) is 5.78 Å². The minimum atomic E-state index is -0.991. The zero-order valence-corrected chi connectivity index (χ0v) is 15.5. The van der Waals surface area contributed by atoms with Crippen LogP contribution in [-0.2, 0) is 0 Å². The van der Waals surface area contributed by atoms with E-state index in [0.29, 0.717) is 25.0 Å². The summed E-state index contributed by atoms with van der Waals surface area (Å²) in [6.45, 7) is 0. The van der Waals surface area contributed by atoms with Gasteiger partial charge in [0, 0.05) is 18.1 Å². The Morgan fingerprint density at radius 1 is 1.07 bits per heavy atom. The second-order valence-electron chi connectivity index (χ2n) is 6.78. The van der Waals surface area contributed by atoms with Gasteiger partial charge in [-0.2, -0.15) is 15.1 Å². The zero-order valence-electron chi connectivity index (χ0n) is 15.5. The Kier molecular flexibility index (Phi) is 4.82. The molecule has 3 aromatic rings. The molecule has 2 aromatic heterocycles. The second kappa shape index (κ2) is 7.29. The fourth-order valence-electron chi connectivity index (χ4n) is 3.89. The molecule has 148 valence electrons. The summed E-state index contributed by atoms with van der Waals surface area (Å²) in [7, 11) is 2.69. The lowest BCUT2D eigenvalue weighted by atomic mass is 9.83. The lowest BCUT2D eigenvalue weighted by Gasteiger charge is -2.27. The van der Waals surface area contributed by atoms with Gasteiger partial charge in [-0.05, 0) is 25.7 Å². The molecule has 28 heavy (non-hydrogen) atoms. The van der Waals surface area contributed by atoms with Crippen LogP contribution in [-0.4, -0.2) is 40.0 Å². The summed E-state index contributed by atoms with van der Waals surface area (Å²) in [5, 5.41) is 4.17. The molecule has 0 radical (unpaired) electrons. The molecule has 1 aliphatic rings. The van der Waals surface area contributed by atoms with Crippen molar-refractivity contribution < 1.29 is 22.6 Å². The summed E-state index contributed by atoms with van der Waals surface area (Å²) >= 11 is 0. The van der Waals surface area contributed by atoms with Crippen LogP contribution in [0.3, 0.4) is 0 Å². The molecule has 2 atom stereocenters. The normalized spacial score (nSPS) is 19.8. The molecule has 1 aliphatic carbocycles. The fourth-order valence-corrected chi connectivity index (χ4v) is 3.89. The molecule has 2 unspecified atom stereocenters. The molecule has 0 aliphatic heterocycles. The highest BCUT2D eigenvalue weighted by molar-refractivity contribution is 5.75. The Bertz CT molecular complexity index is 1000. The van der Waals surface area contributed by atoms with Gasteiger partial charge in [-0.25, -0.2) is 17.7 Å². The van der Waals surface area contributed by atoms with Crippen molar-refractivity contribution in [2.75, 3.05) is 14.2 Å². The summed E-state index contributed by atoms with van der Waals surface area (Å²) in [5.41, 5.74) is 0.264. The number of nitrogens with zero attached hydrogens (tertiary/aromatic N) is 4. The molecule has 4 rings (SSSR count). The number of hydrogen-bond acceptors (Lipinski definition) is 5. The van der Waals surface area contributed by atoms with Gasteiger partial charge >= 0.3 is 0 Å². The highest BCUT2D eigenvalue weighted by atomic mass is 19.1. The van der Waals surface area contributed by atoms with Crippen LogP contribution in [0, 0.1) is 11.6 Å². The molecule has 0 amide bonds. The van der Waals surface area contributed by atoms with E-state index in [1.807, 2.05) is 0 Å². The maximum atomic E-state index is 14.9. The summed E-state index contributed by atoms with van der Waals surface area (Å²) in [4.78, 5) is 8.31. The number of benzene rings is 1. The van der Waals surface area contributed by atoms with Crippen LogP contribution < -0.4 is 9.47 Å². The number of rotatable bonds is 4. The molecule has 0 N–H and O–H groups in total. The average Bonchev–Trinajstić information content (AvgIpc) is 3.14. The SMILES string of the molecule is COc1cc(F)c(-c2c(OC)nc3ncnn3c2C2CCCC(F)C2)c(F)c1. The van der Waals surface area contributed by atoms with Gasteiger partial charge < -0.3 is 9.47 Å². The third-order valence-electron chi connectivity index (χ3n) is 5.12. The van der Waals surface area contributed by atoms with Gasteiger partial charge in [0.05, 0.1) is 31.0 Å². The first-order valence-corrected chi connectivity index (χ1v) is 8.98. The van der Waals surface area contributed by atoms with E-state index in [1.54, 1.807) is 0 Å². The Labute approximate surface area is 159 Å². The van der Waals surface area contributed by atoms with Gasteiger partial charge in [0.15, 0.2) is 0 Å².